The molecule has 4 rings (SSSR count). The molecule has 0 fully saturated rings. The number of allylic oxidation sites excluding steroid dienone is 1. The lowest BCUT2D eigenvalue weighted by atomic mass is 9.83. The molecule has 3 aromatic rings. The third-order valence-corrected chi connectivity index (χ3v) is 5.66. The fourth-order valence-electron chi connectivity index (χ4n) is 3.72. The highest BCUT2D eigenvalue weighted by Gasteiger charge is 2.36. The number of nitrogens with one attached hydrogen (secondary N) is 1. The smallest absolute Gasteiger partial charge is 0.255 e. The number of nitrogens with two attached hydrogens (primary N) is 2. The first-order chi connectivity index (χ1) is 16.3. The van der Waals surface area contributed by atoms with Crippen LogP contribution >= 0.6 is 23.2 Å². The van der Waals surface area contributed by atoms with Crippen molar-refractivity contribution in [1.82, 2.24) is 10.2 Å². The second-order valence-electron chi connectivity index (χ2n) is 7.26. The van der Waals surface area contributed by atoms with Crippen molar-refractivity contribution in [3.63, 3.8) is 0 Å². The van der Waals surface area contributed by atoms with Crippen LogP contribution in [0.3, 0.4) is 0 Å². The van der Waals surface area contributed by atoms with E-state index < -0.39 is 11.8 Å². The van der Waals surface area contributed by atoms with E-state index in [-0.39, 0.29) is 23.9 Å². The van der Waals surface area contributed by atoms with Gasteiger partial charge in [-0.15, -0.1) is 5.10 Å². The number of hydrogen-bond donors (Lipinski definition) is 3. The number of halogens is 2. The van der Waals surface area contributed by atoms with Gasteiger partial charge in [0, 0.05) is 10.6 Å². The van der Waals surface area contributed by atoms with Crippen molar-refractivity contribution in [1.29, 1.82) is 5.26 Å². The summed E-state index contributed by atoms with van der Waals surface area (Å²) in [4.78, 5) is 11.2. The molecule has 0 aliphatic carbocycles. The predicted octanol–water partition coefficient (Wildman–Crippen LogP) is 3.86. The Hall–Kier alpha value is -3.87. The first-order valence-electron chi connectivity index (χ1n) is 10.1. The third-order valence-electron chi connectivity index (χ3n) is 5.11. The highest BCUT2D eigenvalue weighted by molar-refractivity contribution is 6.36. The zero-order valence-corrected chi connectivity index (χ0v) is 19.4. The lowest BCUT2D eigenvalue weighted by molar-refractivity contribution is -0.119. The van der Waals surface area contributed by atoms with E-state index in [9.17, 15) is 10.1 Å². The lowest BCUT2D eigenvalue weighted by Crippen LogP contribution is -2.21. The summed E-state index contributed by atoms with van der Waals surface area (Å²) in [5.74, 6) is -0.411. The number of aromatic nitrogens is 2. The molecule has 174 valence electrons. The molecular formula is C23H19Cl2N5O4. The van der Waals surface area contributed by atoms with Gasteiger partial charge in [-0.1, -0.05) is 29.3 Å². The van der Waals surface area contributed by atoms with Crippen LogP contribution in [0.2, 0.25) is 10.0 Å². The summed E-state index contributed by atoms with van der Waals surface area (Å²) in [6, 6.07) is 12.3. The van der Waals surface area contributed by atoms with E-state index in [4.69, 9.17) is 48.9 Å². The fourth-order valence-corrected chi connectivity index (χ4v) is 4.22. The number of aromatic amines is 1. The number of ether oxygens (including phenoxy) is 3. The predicted molar refractivity (Wildman–Crippen MR) is 126 cm³/mol. The van der Waals surface area contributed by atoms with Gasteiger partial charge in [-0.2, -0.15) is 5.26 Å². The van der Waals surface area contributed by atoms with Crippen molar-refractivity contribution in [2.45, 2.75) is 12.8 Å². The summed E-state index contributed by atoms with van der Waals surface area (Å²) in [5.41, 5.74) is 13.9. The number of hydrogen-bond acceptors (Lipinski definition) is 7. The van der Waals surface area contributed by atoms with Gasteiger partial charge in [0.05, 0.1) is 28.8 Å². The van der Waals surface area contributed by atoms with Crippen molar-refractivity contribution in [3.05, 3.63) is 69.0 Å². The number of benzene rings is 2. The molecule has 1 aromatic heterocycles. The molecule has 1 aliphatic rings. The molecule has 0 unspecified atom stereocenters. The fraction of sp³-hybridized carbons (Fsp3) is 0.174. The van der Waals surface area contributed by atoms with E-state index in [1.165, 1.54) is 0 Å². The van der Waals surface area contributed by atoms with Crippen molar-refractivity contribution in [3.8, 4) is 34.7 Å². The number of carbonyl (C=O) groups is 1. The van der Waals surface area contributed by atoms with Gasteiger partial charge >= 0.3 is 0 Å². The van der Waals surface area contributed by atoms with E-state index in [0.29, 0.717) is 50.5 Å². The van der Waals surface area contributed by atoms with Crippen molar-refractivity contribution < 1.29 is 19.0 Å². The standard InChI is InChI=1S/C23H19Cl2N5O4/c1-2-32-17-7-11(3-6-16(17)33-10-18(27)31)19-14(9-26)22(28)34-23-20(19)21(29-30-23)13-5-4-12(24)8-15(13)25/h3-8,19H,2,10,28H2,1H3,(H2,27,31)(H,29,30)/t19-/m0/s1. The van der Waals surface area contributed by atoms with Gasteiger partial charge in [-0.3, -0.25) is 9.89 Å². The Morgan fingerprint density at radius 3 is 2.71 bits per heavy atom. The summed E-state index contributed by atoms with van der Waals surface area (Å²) in [7, 11) is 0. The van der Waals surface area contributed by atoms with Crippen LogP contribution in [0.1, 0.15) is 24.0 Å². The second-order valence-corrected chi connectivity index (χ2v) is 8.10. The van der Waals surface area contributed by atoms with E-state index in [1.807, 2.05) is 6.92 Å². The lowest BCUT2D eigenvalue weighted by Gasteiger charge is -2.25. The SMILES string of the molecule is CCOc1cc([C@H]2C(C#N)=C(N)Oc3n[nH]c(-c4ccc(Cl)cc4Cl)c32)ccc1OCC(N)=O. The molecule has 11 heteroatoms. The number of primary amides is 1. The van der Waals surface area contributed by atoms with Crippen LogP contribution in [0, 0.1) is 11.3 Å². The molecule has 0 saturated heterocycles. The van der Waals surface area contributed by atoms with E-state index >= 15 is 0 Å². The van der Waals surface area contributed by atoms with Crippen LogP contribution < -0.4 is 25.7 Å². The van der Waals surface area contributed by atoms with Gasteiger partial charge in [-0.25, -0.2) is 0 Å². The van der Waals surface area contributed by atoms with Crippen molar-refractivity contribution in [2.24, 2.45) is 11.5 Å². The van der Waals surface area contributed by atoms with Crippen molar-refractivity contribution in [2.75, 3.05) is 13.2 Å². The monoisotopic (exact) mass is 499 g/mol. The number of fused-ring (bicyclic) bond motifs is 1. The summed E-state index contributed by atoms with van der Waals surface area (Å²) < 4.78 is 16.8. The van der Waals surface area contributed by atoms with Gasteiger partial charge in [0.2, 0.25) is 11.8 Å². The number of H-pyrrole nitrogens is 1. The van der Waals surface area contributed by atoms with Gasteiger partial charge < -0.3 is 25.7 Å². The minimum Gasteiger partial charge on any atom is -0.490 e. The average Bonchev–Trinajstić information content (AvgIpc) is 3.20. The number of amides is 1. The maximum Gasteiger partial charge on any atom is 0.255 e. The molecule has 1 aliphatic heterocycles. The van der Waals surface area contributed by atoms with Crippen LogP contribution in [0.15, 0.2) is 47.9 Å². The molecule has 1 atom stereocenters. The Morgan fingerprint density at radius 2 is 2.03 bits per heavy atom. The Morgan fingerprint density at radius 1 is 1.24 bits per heavy atom. The largest absolute Gasteiger partial charge is 0.490 e. The van der Waals surface area contributed by atoms with Gasteiger partial charge in [-0.05, 0) is 42.8 Å². The van der Waals surface area contributed by atoms with Crippen LogP contribution in [0.5, 0.6) is 17.4 Å². The molecule has 0 spiro atoms. The molecule has 34 heavy (non-hydrogen) atoms. The normalized spacial score (nSPS) is 14.7. The molecule has 9 nitrogen and oxygen atoms in total. The van der Waals surface area contributed by atoms with E-state index in [1.54, 1.807) is 36.4 Å². The van der Waals surface area contributed by atoms with E-state index in [0.717, 1.165) is 0 Å². The highest BCUT2D eigenvalue weighted by atomic mass is 35.5. The van der Waals surface area contributed by atoms with Gasteiger partial charge in [0.1, 0.15) is 11.6 Å². The van der Waals surface area contributed by atoms with E-state index in [2.05, 4.69) is 16.3 Å². The molecule has 0 radical (unpaired) electrons. The van der Waals surface area contributed by atoms with Crippen LogP contribution in [0.25, 0.3) is 11.3 Å². The molecule has 0 bridgehead atoms. The maximum absolute atomic E-state index is 11.2. The number of nitriles is 1. The summed E-state index contributed by atoms with van der Waals surface area (Å²) >= 11 is 12.5. The van der Waals surface area contributed by atoms with Crippen LogP contribution in [0.4, 0.5) is 0 Å². The summed E-state index contributed by atoms with van der Waals surface area (Å²) in [6.07, 6.45) is 0. The molecular weight excluding hydrogens is 481 g/mol. The maximum atomic E-state index is 11.2. The second kappa shape index (κ2) is 9.55. The van der Waals surface area contributed by atoms with Crippen molar-refractivity contribution >= 4 is 29.1 Å². The van der Waals surface area contributed by atoms with Gasteiger partial charge in [0.25, 0.3) is 5.91 Å². The number of carbonyl (C=O) groups excluding carboxylic acids is 1. The Labute approximate surface area is 204 Å². The summed E-state index contributed by atoms with van der Waals surface area (Å²) in [5, 5.41) is 18.0. The molecule has 5 N–H and O–H groups in total. The average molecular weight is 500 g/mol. The minimum atomic E-state index is -0.654. The van der Waals surface area contributed by atoms with Gasteiger partial charge in [0.15, 0.2) is 18.1 Å². The first kappa shape index (κ1) is 23.3. The van der Waals surface area contributed by atoms with Crippen LogP contribution in [-0.2, 0) is 4.79 Å². The first-order valence-corrected chi connectivity index (χ1v) is 10.9. The Bertz CT molecular complexity index is 1350. The van der Waals surface area contributed by atoms with Crippen LogP contribution in [-0.4, -0.2) is 29.3 Å². The number of rotatable bonds is 7. The zero-order chi connectivity index (χ0) is 24.4. The quantitative estimate of drug-likeness (QED) is 0.446. The molecule has 2 heterocycles. The summed E-state index contributed by atoms with van der Waals surface area (Å²) in [6.45, 7) is 1.85. The minimum absolute atomic E-state index is 0.0627. The Balaban J connectivity index is 1.88. The Kier molecular flexibility index (Phi) is 6.54. The topological polar surface area (TPSA) is 149 Å². The highest BCUT2D eigenvalue weighted by Crippen LogP contribution is 2.48. The molecule has 2 aromatic carbocycles. The third kappa shape index (κ3) is 4.33. The zero-order valence-electron chi connectivity index (χ0n) is 17.9. The molecule has 0 saturated carbocycles. The number of nitrogens with zero attached hydrogens (tertiary/aromatic N) is 2. The molecule has 1 amide bonds.